The third-order valence-corrected chi connectivity index (χ3v) is 5.84. The largest absolute Gasteiger partial charge is 0.417 e. The lowest BCUT2D eigenvalue weighted by Crippen LogP contribution is -2.37. The van der Waals surface area contributed by atoms with Crippen LogP contribution in [0.2, 0.25) is 0 Å². The summed E-state index contributed by atoms with van der Waals surface area (Å²) in [5, 5.41) is 2.76. The molecule has 1 heterocycles. The molecule has 1 N–H and O–H groups in total. The Morgan fingerprint density at radius 1 is 1.28 bits per heavy atom. The molecule has 0 spiro atoms. The number of amides is 1. The van der Waals surface area contributed by atoms with Gasteiger partial charge in [0.15, 0.2) is 0 Å². The molecule has 0 radical (unpaired) electrons. The van der Waals surface area contributed by atoms with Crippen LogP contribution in [0.3, 0.4) is 0 Å². The van der Waals surface area contributed by atoms with Crippen LogP contribution >= 0.6 is 0 Å². The summed E-state index contributed by atoms with van der Waals surface area (Å²) >= 11 is 0. The minimum absolute atomic E-state index is 0.167. The second-order valence-corrected chi connectivity index (χ2v) is 7.22. The number of nitrogens with one attached hydrogen (secondary N) is 1. The van der Waals surface area contributed by atoms with Crippen molar-refractivity contribution in [2.75, 3.05) is 18.4 Å². The first kappa shape index (κ1) is 16.2. The van der Waals surface area contributed by atoms with Crippen molar-refractivity contribution >= 4 is 11.8 Å². The lowest BCUT2D eigenvalue weighted by molar-refractivity contribution is 0.215. The number of nitrogens with zero attached hydrogens (tertiary/aromatic N) is 1. The van der Waals surface area contributed by atoms with E-state index >= 15 is 0 Å². The zero-order valence-corrected chi connectivity index (χ0v) is 14.8. The number of carbonyl (C=O) groups is 1. The van der Waals surface area contributed by atoms with Gasteiger partial charge < -0.3 is 4.74 Å². The van der Waals surface area contributed by atoms with Crippen LogP contribution in [-0.4, -0.2) is 30.1 Å². The molecule has 1 amide bonds. The molecule has 4 rings (SSSR count). The van der Waals surface area contributed by atoms with Gasteiger partial charge in [-0.05, 0) is 61.3 Å². The summed E-state index contributed by atoms with van der Waals surface area (Å²) in [5.74, 6) is 0.615. The summed E-state index contributed by atoms with van der Waals surface area (Å²) in [6.07, 6.45) is 1.81. The van der Waals surface area contributed by atoms with Gasteiger partial charge in [0.05, 0.1) is 0 Å². The monoisotopic (exact) mass is 336 g/mol. The Bertz CT molecular complexity index is 790. The van der Waals surface area contributed by atoms with Gasteiger partial charge in [-0.1, -0.05) is 38.1 Å². The second-order valence-electron chi connectivity index (χ2n) is 7.22. The Morgan fingerprint density at radius 3 is 2.84 bits per heavy atom. The Labute approximate surface area is 148 Å². The molecule has 1 aliphatic carbocycles. The number of anilines is 1. The average Bonchev–Trinajstić information content (AvgIpc) is 3.07. The summed E-state index contributed by atoms with van der Waals surface area (Å²) in [7, 11) is 0. The number of hydrogen-bond donors (Lipinski definition) is 1. The van der Waals surface area contributed by atoms with Gasteiger partial charge in [-0.15, -0.1) is 0 Å². The molecule has 4 heteroatoms. The van der Waals surface area contributed by atoms with E-state index in [1.165, 1.54) is 11.1 Å². The van der Waals surface area contributed by atoms with Gasteiger partial charge in [-0.3, -0.25) is 10.2 Å². The van der Waals surface area contributed by atoms with Gasteiger partial charge in [0.1, 0.15) is 5.75 Å². The van der Waals surface area contributed by atoms with Gasteiger partial charge in [-0.2, -0.15) is 0 Å². The lowest BCUT2D eigenvalue weighted by Gasteiger charge is -2.29. The molecular weight excluding hydrogens is 312 g/mol. The number of hydrogen-bond acceptors (Lipinski definition) is 3. The van der Waals surface area contributed by atoms with E-state index in [-0.39, 0.29) is 5.41 Å². The van der Waals surface area contributed by atoms with Crippen LogP contribution in [0.25, 0.3) is 0 Å². The molecule has 2 aromatic carbocycles. The van der Waals surface area contributed by atoms with Crippen LogP contribution in [0.1, 0.15) is 31.4 Å². The molecule has 0 saturated carbocycles. The van der Waals surface area contributed by atoms with E-state index in [0.717, 1.165) is 31.6 Å². The van der Waals surface area contributed by atoms with Crippen molar-refractivity contribution in [3.63, 3.8) is 0 Å². The van der Waals surface area contributed by atoms with Crippen molar-refractivity contribution in [3.05, 3.63) is 59.7 Å². The maximum atomic E-state index is 12.1. The van der Waals surface area contributed by atoms with Crippen molar-refractivity contribution < 1.29 is 9.53 Å². The first-order valence-electron chi connectivity index (χ1n) is 9.01. The molecule has 0 aromatic heterocycles. The molecule has 4 nitrogen and oxygen atoms in total. The lowest BCUT2D eigenvalue weighted by atomic mass is 9.80. The second kappa shape index (κ2) is 6.19. The first-order valence-corrected chi connectivity index (χ1v) is 9.01. The van der Waals surface area contributed by atoms with Crippen molar-refractivity contribution in [3.8, 4) is 5.75 Å². The molecule has 2 aliphatic rings. The minimum Gasteiger partial charge on any atom is -0.410 e. The predicted molar refractivity (Wildman–Crippen MR) is 99.2 cm³/mol. The number of likely N-dealkylation sites (N-methyl/N-ethyl adjacent to an activating group) is 1. The average molecular weight is 336 g/mol. The van der Waals surface area contributed by atoms with Gasteiger partial charge in [0.25, 0.3) is 0 Å². The maximum absolute atomic E-state index is 12.1. The summed E-state index contributed by atoms with van der Waals surface area (Å²) in [6, 6.07) is 16.0. The molecule has 1 unspecified atom stereocenters. The summed E-state index contributed by atoms with van der Waals surface area (Å²) < 4.78 is 5.53. The number of likely N-dealkylation sites (tertiary alicyclic amines) is 1. The molecule has 2 aromatic rings. The van der Waals surface area contributed by atoms with Crippen molar-refractivity contribution in [1.82, 2.24) is 4.90 Å². The number of benzene rings is 2. The number of rotatable bonds is 3. The topological polar surface area (TPSA) is 41.6 Å². The van der Waals surface area contributed by atoms with Gasteiger partial charge in [0, 0.05) is 17.1 Å². The number of para-hydroxylation sites is 1. The Morgan fingerprint density at radius 2 is 2.08 bits per heavy atom. The molecule has 0 bridgehead atoms. The molecule has 130 valence electrons. The third-order valence-electron chi connectivity index (χ3n) is 5.84. The zero-order valence-electron chi connectivity index (χ0n) is 14.8. The quantitative estimate of drug-likeness (QED) is 0.913. The van der Waals surface area contributed by atoms with Gasteiger partial charge >= 0.3 is 6.09 Å². The molecular formula is C21H24N2O2. The highest BCUT2D eigenvalue weighted by molar-refractivity contribution is 5.86. The van der Waals surface area contributed by atoms with Crippen LogP contribution in [0.4, 0.5) is 10.5 Å². The van der Waals surface area contributed by atoms with E-state index in [0.29, 0.717) is 11.8 Å². The Hall–Kier alpha value is -2.33. The molecule has 1 saturated heterocycles. The first-order chi connectivity index (χ1) is 12.1. The van der Waals surface area contributed by atoms with Crippen LogP contribution in [-0.2, 0) is 11.8 Å². The summed E-state index contributed by atoms with van der Waals surface area (Å²) in [6.45, 7) is 6.83. The highest BCUT2D eigenvalue weighted by atomic mass is 16.6. The SMILES string of the molecule is CCN1CC[C@@]2(C)c3cc(OC(=O)Nc4ccccc4)ccc3CC12. The van der Waals surface area contributed by atoms with Crippen LogP contribution in [0.5, 0.6) is 5.75 Å². The number of fused-ring (bicyclic) bond motifs is 3. The van der Waals surface area contributed by atoms with Crippen molar-refractivity contribution in [1.29, 1.82) is 0 Å². The highest BCUT2D eigenvalue weighted by Gasteiger charge is 2.49. The van der Waals surface area contributed by atoms with Crippen molar-refractivity contribution in [2.45, 2.75) is 38.1 Å². The van der Waals surface area contributed by atoms with E-state index in [1.54, 1.807) is 0 Å². The van der Waals surface area contributed by atoms with E-state index in [9.17, 15) is 4.79 Å². The van der Waals surface area contributed by atoms with Crippen LogP contribution < -0.4 is 10.1 Å². The zero-order chi connectivity index (χ0) is 17.4. The Kier molecular flexibility index (Phi) is 4.00. The summed E-state index contributed by atoms with van der Waals surface area (Å²) in [4.78, 5) is 14.7. The van der Waals surface area contributed by atoms with E-state index < -0.39 is 6.09 Å². The van der Waals surface area contributed by atoms with E-state index in [1.807, 2.05) is 36.4 Å². The summed E-state index contributed by atoms with van der Waals surface area (Å²) in [5.41, 5.74) is 3.63. The molecule has 2 atom stereocenters. The van der Waals surface area contributed by atoms with Crippen LogP contribution in [0.15, 0.2) is 48.5 Å². The fourth-order valence-electron chi connectivity index (χ4n) is 4.46. The van der Waals surface area contributed by atoms with E-state index in [4.69, 9.17) is 4.74 Å². The standard InChI is InChI=1S/C21H24N2O2/c1-3-23-12-11-21(2)18-14-17(10-9-15(18)13-19(21)23)25-20(24)22-16-7-5-4-6-8-16/h4-10,14,19H,3,11-13H2,1-2H3,(H,22,24)/t19?,21-/m0/s1. The van der Waals surface area contributed by atoms with E-state index in [2.05, 4.69) is 36.2 Å². The highest BCUT2D eigenvalue weighted by Crippen LogP contribution is 2.48. The number of carbonyl (C=O) groups excluding carboxylic acids is 1. The fraction of sp³-hybridized carbons (Fsp3) is 0.381. The predicted octanol–water partition coefficient (Wildman–Crippen LogP) is 4.21. The third kappa shape index (κ3) is 2.81. The molecule has 1 fully saturated rings. The fourth-order valence-corrected chi connectivity index (χ4v) is 4.46. The molecule has 1 aliphatic heterocycles. The van der Waals surface area contributed by atoms with Gasteiger partial charge in [0.2, 0.25) is 0 Å². The smallest absolute Gasteiger partial charge is 0.410 e. The molecule has 25 heavy (non-hydrogen) atoms. The van der Waals surface area contributed by atoms with Gasteiger partial charge in [-0.25, -0.2) is 4.79 Å². The Balaban J connectivity index is 1.52. The maximum Gasteiger partial charge on any atom is 0.417 e. The van der Waals surface area contributed by atoms with Crippen molar-refractivity contribution in [2.24, 2.45) is 0 Å². The van der Waals surface area contributed by atoms with Crippen LogP contribution in [0, 0.1) is 0 Å². The minimum atomic E-state index is -0.451. The normalized spacial score (nSPS) is 24.6. The number of ether oxygens (including phenoxy) is 1.